The summed E-state index contributed by atoms with van der Waals surface area (Å²) in [6, 6.07) is 3.94. The van der Waals surface area contributed by atoms with E-state index in [2.05, 4.69) is 20.1 Å². The van der Waals surface area contributed by atoms with Crippen LogP contribution in [0.1, 0.15) is 12.8 Å². The summed E-state index contributed by atoms with van der Waals surface area (Å²) in [4.78, 5) is 9.38. The van der Waals surface area contributed by atoms with Crippen LogP contribution in [0.3, 0.4) is 0 Å². The van der Waals surface area contributed by atoms with Gasteiger partial charge in [0.1, 0.15) is 5.82 Å². The van der Waals surface area contributed by atoms with Gasteiger partial charge in [0, 0.05) is 38.9 Å². The van der Waals surface area contributed by atoms with Crippen molar-refractivity contribution in [1.29, 1.82) is 0 Å². The highest BCUT2D eigenvalue weighted by atomic mass is 35.5. The molecule has 0 radical (unpaired) electrons. The lowest BCUT2D eigenvalue weighted by Crippen LogP contribution is -2.48. The molecule has 118 valence electrons. The van der Waals surface area contributed by atoms with Gasteiger partial charge in [0.25, 0.3) is 0 Å². The summed E-state index contributed by atoms with van der Waals surface area (Å²) >= 11 is 5.89. The third kappa shape index (κ3) is 4.71. The van der Waals surface area contributed by atoms with Crippen molar-refractivity contribution < 1.29 is 0 Å². The minimum Gasteiger partial charge on any atom is -0.354 e. The van der Waals surface area contributed by atoms with E-state index in [0.29, 0.717) is 5.02 Å². The molecule has 1 N–H and O–H groups in total. The summed E-state index contributed by atoms with van der Waals surface area (Å²) in [5, 5.41) is 4.15. The predicted molar refractivity (Wildman–Crippen MR) is 90.7 cm³/mol. The zero-order valence-corrected chi connectivity index (χ0v) is 13.9. The molecule has 3 rings (SSSR count). The van der Waals surface area contributed by atoms with E-state index in [-0.39, 0.29) is 12.4 Å². The summed E-state index contributed by atoms with van der Waals surface area (Å²) in [5.74, 6) is 1.94. The minimum atomic E-state index is 0. The second kappa shape index (κ2) is 8.18. The first-order chi connectivity index (χ1) is 9.81. The van der Waals surface area contributed by atoms with Gasteiger partial charge in [-0.05, 0) is 44.0 Å². The third-order valence-electron chi connectivity index (χ3n) is 4.38. The Morgan fingerprint density at radius 2 is 1.86 bits per heavy atom. The van der Waals surface area contributed by atoms with Crippen molar-refractivity contribution in [3.05, 3.63) is 23.4 Å². The lowest BCUT2D eigenvalue weighted by Gasteiger charge is -2.37. The summed E-state index contributed by atoms with van der Waals surface area (Å²) in [5.41, 5.74) is 0. The van der Waals surface area contributed by atoms with Crippen LogP contribution in [-0.4, -0.2) is 55.7 Å². The first-order valence-corrected chi connectivity index (χ1v) is 7.98. The van der Waals surface area contributed by atoms with Gasteiger partial charge in [0.15, 0.2) is 0 Å². The first-order valence-electron chi connectivity index (χ1n) is 7.61. The third-order valence-corrected chi connectivity index (χ3v) is 4.61. The molecule has 2 fully saturated rings. The van der Waals surface area contributed by atoms with Crippen LogP contribution in [0.2, 0.25) is 5.02 Å². The molecule has 4 nitrogen and oxygen atoms in total. The normalized spacial score (nSPS) is 21.1. The molecule has 3 heterocycles. The maximum Gasteiger partial charge on any atom is 0.128 e. The zero-order valence-electron chi connectivity index (χ0n) is 12.3. The molecule has 0 aromatic carbocycles. The molecule has 1 aromatic heterocycles. The molecular formula is C15H24Cl2N4. The lowest BCUT2D eigenvalue weighted by atomic mass is 9.97. The van der Waals surface area contributed by atoms with Crippen LogP contribution >= 0.6 is 24.0 Å². The monoisotopic (exact) mass is 330 g/mol. The maximum absolute atomic E-state index is 5.89. The van der Waals surface area contributed by atoms with Crippen LogP contribution in [0, 0.1) is 5.92 Å². The number of pyridine rings is 1. The number of rotatable bonds is 3. The van der Waals surface area contributed by atoms with E-state index < -0.39 is 0 Å². The van der Waals surface area contributed by atoms with Crippen LogP contribution in [0.4, 0.5) is 5.82 Å². The predicted octanol–water partition coefficient (Wildman–Crippen LogP) is 2.28. The van der Waals surface area contributed by atoms with Crippen molar-refractivity contribution in [2.75, 3.05) is 50.7 Å². The number of nitrogens with zero attached hydrogens (tertiary/aromatic N) is 3. The van der Waals surface area contributed by atoms with E-state index in [9.17, 15) is 0 Å². The summed E-state index contributed by atoms with van der Waals surface area (Å²) in [6.07, 6.45) is 4.40. The number of hydrogen-bond donors (Lipinski definition) is 1. The summed E-state index contributed by atoms with van der Waals surface area (Å²) < 4.78 is 0. The zero-order chi connectivity index (χ0) is 13.8. The van der Waals surface area contributed by atoms with Gasteiger partial charge in [-0.1, -0.05) is 11.6 Å². The average molecular weight is 331 g/mol. The van der Waals surface area contributed by atoms with Crippen molar-refractivity contribution >= 4 is 29.8 Å². The van der Waals surface area contributed by atoms with Gasteiger partial charge in [0.2, 0.25) is 0 Å². The van der Waals surface area contributed by atoms with E-state index in [1.54, 1.807) is 6.20 Å². The second-order valence-corrected chi connectivity index (χ2v) is 6.25. The molecule has 21 heavy (non-hydrogen) atoms. The molecule has 2 aliphatic heterocycles. The van der Waals surface area contributed by atoms with E-state index in [1.165, 1.54) is 32.5 Å². The van der Waals surface area contributed by atoms with Crippen molar-refractivity contribution in [2.24, 2.45) is 5.92 Å². The van der Waals surface area contributed by atoms with Crippen LogP contribution in [0.5, 0.6) is 0 Å². The molecule has 0 aliphatic carbocycles. The number of anilines is 1. The number of halogens is 2. The SMILES string of the molecule is Cl.Clc1ccc(N2CCN(CC3CCNCC3)CC2)nc1. The Labute approximate surface area is 138 Å². The smallest absolute Gasteiger partial charge is 0.128 e. The van der Waals surface area contributed by atoms with E-state index >= 15 is 0 Å². The number of piperazine rings is 1. The molecule has 0 amide bonds. The van der Waals surface area contributed by atoms with Gasteiger partial charge in [-0.3, -0.25) is 4.90 Å². The van der Waals surface area contributed by atoms with E-state index in [1.807, 2.05) is 12.1 Å². The maximum atomic E-state index is 5.89. The highest BCUT2D eigenvalue weighted by Gasteiger charge is 2.21. The Balaban J connectivity index is 0.00000161. The van der Waals surface area contributed by atoms with Crippen LogP contribution < -0.4 is 10.2 Å². The summed E-state index contributed by atoms with van der Waals surface area (Å²) in [7, 11) is 0. The number of aromatic nitrogens is 1. The Hall–Kier alpha value is -0.550. The molecule has 0 saturated carbocycles. The fourth-order valence-corrected chi connectivity index (χ4v) is 3.26. The molecule has 6 heteroatoms. The van der Waals surface area contributed by atoms with Crippen LogP contribution in [-0.2, 0) is 0 Å². The summed E-state index contributed by atoms with van der Waals surface area (Å²) in [6.45, 7) is 8.09. The van der Waals surface area contributed by atoms with Crippen molar-refractivity contribution in [3.63, 3.8) is 0 Å². The van der Waals surface area contributed by atoms with E-state index in [4.69, 9.17) is 11.6 Å². The van der Waals surface area contributed by atoms with Crippen LogP contribution in [0.15, 0.2) is 18.3 Å². The van der Waals surface area contributed by atoms with Crippen molar-refractivity contribution in [3.8, 4) is 0 Å². The standard InChI is InChI=1S/C15H23ClN4.ClH/c16-14-1-2-15(18-11-14)20-9-7-19(8-10-20)12-13-3-5-17-6-4-13;/h1-2,11,13,17H,3-10,12H2;1H. The fraction of sp³-hybridized carbons (Fsp3) is 0.667. The molecular weight excluding hydrogens is 307 g/mol. The topological polar surface area (TPSA) is 31.4 Å². The fourth-order valence-electron chi connectivity index (χ4n) is 3.14. The highest BCUT2D eigenvalue weighted by molar-refractivity contribution is 6.30. The Kier molecular flexibility index (Phi) is 6.55. The lowest BCUT2D eigenvalue weighted by molar-refractivity contribution is 0.196. The first kappa shape index (κ1) is 16.8. The molecule has 2 saturated heterocycles. The average Bonchev–Trinajstić information content (AvgIpc) is 2.50. The van der Waals surface area contributed by atoms with Gasteiger partial charge in [-0.25, -0.2) is 4.98 Å². The van der Waals surface area contributed by atoms with Gasteiger partial charge in [-0.15, -0.1) is 12.4 Å². The molecule has 2 aliphatic rings. The van der Waals surface area contributed by atoms with Gasteiger partial charge < -0.3 is 10.2 Å². The van der Waals surface area contributed by atoms with Gasteiger partial charge in [0.05, 0.1) is 5.02 Å². The molecule has 0 spiro atoms. The van der Waals surface area contributed by atoms with Crippen LogP contribution in [0.25, 0.3) is 0 Å². The van der Waals surface area contributed by atoms with Gasteiger partial charge in [-0.2, -0.15) is 0 Å². The minimum absolute atomic E-state index is 0. The largest absolute Gasteiger partial charge is 0.354 e. The van der Waals surface area contributed by atoms with Gasteiger partial charge >= 0.3 is 0 Å². The Bertz CT molecular complexity index is 412. The molecule has 0 atom stereocenters. The molecule has 0 bridgehead atoms. The van der Waals surface area contributed by atoms with Crippen molar-refractivity contribution in [2.45, 2.75) is 12.8 Å². The van der Waals surface area contributed by atoms with Crippen molar-refractivity contribution in [1.82, 2.24) is 15.2 Å². The second-order valence-electron chi connectivity index (χ2n) is 5.82. The number of hydrogen-bond acceptors (Lipinski definition) is 4. The van der Waals surface area contributed by atoms with E-state index in [0.717, 1.165) is 37.9 Å². The Morgan fingerprint density at radius 1 is 1.14 bits per heavy atom. The highest BCUT2D eigenvalue weighted by Crippen LogP contribution is 2.18. The molecule has 1 aromatic rings. The quantitative estimate of drug-likeness (QED) is 0.921. The Morgan fingerprint density at radius 3 is 2.48 bits per heavy atom. The molecule has 0 unspecified atom stereocenters. The number of piperidine rings is 1. The number of nitrogens with one attached hydrogen (secondary N) is 1.